The molecular formula is C18H26N4O2. The Balaban J connectivity index is 1.93. The Morgan fingerprint density at radius 1 is 1.33 bits per heavy atom. The standard InChI is InChI=1S/C18H26N4O2/c1-5-13-10-14(6-7-16(13)19)15-11-21-22(12-15)9-8-20-17(23)24-18(2,3)4/h6-7,10-12H,5,8-9,19H2,1-4H3,(H,20,23). The van der Waals surface area contributed by atoms with Crippen LogP contribution in [0.3, 0.4) is 0 Å². The number of ether oxygens (including phenoxy) is 1. The summed E-state index contributed by atoms with van der Waals surface area (Å²) < 4.78 is 7.00. The zero-order chi connectivity index (χ0) is 17.7. The molecule has 6 heteroatoms. The zero-order valence-electron chi connectivity index (χ0n) is 14.8. The summed E-state index contributed by atoms with van der Waals surface area (Å²) in [5.74, 6) is 0. The van der Waals surface area contributed by atoms with Crippen LogP contribution < -0.4 is 11.1 Å². The van der Waals surface area contributed by atoms with Crippen molar-refractivity contribution in [2.45, 2.75) is 46.3 Å². The summed E-state index contributed by atoms with van der Waals surface area (Å²) in [6.45, 7) is 8.63. The first kappa shape index (κ1) is 17.8. The van der Waals surface area contributed by atoms with E-state index in [2.05, 4.69) is 23.4 Å². The number of hydrogen-bond acceptors (Lipinski definition) is 4. The molecule has 1 amide bonds. The number of alkyl carbamates (subject to hydrolysis) is 1. The number of aromatic nitrogens is 2. The number of amides is 1. The largest absolute Gasteiger partial charge is 0.444 e. The van der Waals surface area contributed by atoms with Gasteiger partial charge in [-0.2, -0.15) is 5.10 Å². The second kappa shape index (κ2) is 7.38. The fourth-order valence-electron chi connectivity index (χ4n) is 2.31. The second-order valence-corrected chi connectivity index (χ2v) is 6.69. The SMILES string of the molecule is CCc1cc(-c2cnn(CCNC(=O)OC(C)(C)C)c2)ccc1N. The van der Waals surface area contributed by atoms with E-state index in [9.17, 15) is 4.79 Å². The molecule has 3 N–H and O–H groups in total. The van der Waals surface area contributed by atoms with Crippen LogP contribution in [-0.4, -0.2) is 28.0 Å². The summed E-state index contributed by atoms with van der Waals surface area (Å²) in [5, 5.41) is 7.06. The van der Waals surface area contributed by atoms with Gasteiger partial charge in [0.25, 0.3) is 0 Å². The maximum Gasteiger partial charge on any atom is 0.407 e. The highest BCUT2D eigenvalue weighted by Gasteiger charge is 2.15. The second-order valence-electron chi connectivity index (χ2n) is 6.69. The van der Waals surface area contributed by atoms with E-state index in [1.54, 1.807) is 4.68 Å². The van der Waals surface area contributed by atoms with Gasteiger partial charge in [0.15, 0.2) is 0 Å². The first-order valence-electron chi connectivity index (χ1n) is 8.16. The molecule has 0 atom stereocenters. The molecule has 1 aromatic heterocycles. The summed E-state index contributed by atoms with van der Waals surface area (Å²) in [6, 6.07) is 6.01. The zero-order valence-corrected chi connectivity index (χ0v) is 14.8. The summed E-state index contributed by atoms with van der Waals surface area (Å²) in [7, 11) is 0. The lowest BCUT2D eigenvalue weighted by Gasteiger charge is -2.19. The Morgan fingerprint density at radius 2 is 2.08 bits per heavy atom. The Kier molecular flexibility index (Phi) is 5.49. The van der Waals surface area contributed by atoms with Gasteiger partial charge in [0.1, 0.15) is 5.60 Å². The molecule has 0 fully saturated rings. The van der Waals surface area contributed by atoms with E-state index in [0.29, 0.717) is 13.1 Å². The number of hydrogen-bond donors (Lipinski definition) is 2. The van der Waals surface area contributed by atoms with Gasteiger partial charge in [0.2, 0.25) is 0 Å². The van der Waals surface area contributed by atoms with E-state index < -0.39 is 11.7 Å². The molecule has 0 bridgehead atoms. The lowest BCUT2D eigenvalue weighted by Crippen LogP contribution is -2.34. The van der Waals surface area contributed by atoms with Crippen LogP contribution in [0.5, 0.6) is 0 Å². The van der Waals surface area contributed by atoms with Crippen LogP contribution in [0, 0.1) is 0 Å². The van der Waals surface area contributed by atoms with Gasteiger partial charge in [-0.25, -0.2) is 4.79 Å². The molecule has 130 valence electrons. The van der Waals surface area contributed by atoms with Gasteiger partial charge in [-0.1, -0.05) is 13.0 Å². The van der Waals surface area contributed by atoms with Crippen molar-refractivity contribution < 1.29 is 9.53 Å². The highest BCUT2D eigenvalue weighted by atomic mass is 16.6. The molecule has 2 aromatic rings. The molecule has 0 aliphatic carbocycles. The first-order chi connectivity index (χ1) is 11.3. The molecule has 0 saturated heterocycles. The predicted molar refractivity (Wildman–Crippen MR) is 95.7 cm³/mol. The highest BCUT2D eigenvalue weighted by Crippen LogP contribution is 2.23. The third-order valence-electron chi connectivity index (χ3n) is 3.50. The molecule has 0 aliphatic heterocycles. The summed E-state index contributed by atoms with van der Waals surface area (Å²) in [5.41, 5.74) is 9.52. The van der Waals surface area contributed by atoms with Crippen molar-refractivity contribution in [1.29, 1.82) is 0 Å². The van der Waals surface area contributed by atoms with Gasteiger partial charge in [0, 0.05) is 24.0 Å². The van der Waals surface area contributed by atoms with Crippen molar-refractivity contribution >= 4 is 11.8 Å². The Bertz CT molecular complexity index is 701. The quantitative estimate of drug-likeness (QED) is 0.825. The molecule has 6 nitrogen and oxygen atoms in total. The van der Waals surface area contributed by atoms with Gasteiger partial charge in [-0.15, -0.1) is 0 Å². The minimum atomic E-state index is -0.491. The van der Waals surface area contributed by atoms with Crippen LogP contribution in [0.1, 0.15) is 33.3 Å². The molecule has 1 heterocycles. The smallest absolute Gasteiger partial charge is 0.407 e. The number of benzene rings is 1. The maximum absolute atomic E-state index is 11.6. The van der Waals surface area contributed by atoms with Crippen LogP contribution in [0.15, 0.2) is 30.6 Å². The van der Waals surface area contributed by atoms with Crippen molar-refractivity contribution in [3.05, 3.63) is 36.2 Å². The number of aryl methyl sites for hydroxylation is 1. The van der Waals surface area contributed by atoms with Crippen molar-refractivity contribution in [2.24, 2.45) is 0 Å². The number of rotatable bonds is 5. The minimum absolute atomic E-state index is 0.416. The van der Waals surface area contributed by atoms with Gasteiger partial charge in [-0.05, 0) is 50.5 Å². The predicted octanol–water partition coefficient (Wildman–Crippen LogP) is 3.22. The van der Waals surface area contributed by atoms with Crippen LogP contribution in [-0.2, 0) is 17.7 Å². The minimum Gasteiger partial charge on any atom is -0.444 e. The molecular weight excluding hydrogens is 304 g/mol. The van der Waals surface area contributed by atoms with E-state index in [-0.39, 0.29) is 0 Å². The number of nitrogens with zero attached hydrogens (tertiary/aromatic N) is 2. The van der Waals surface area contributed by atoms with Crippen LogP contribution in [0.4, 0.5) is 10.5 Å². The van der Waals surface area contributed by atoms with Gasteiger partial charge >= 0.3 is 6.09 Å². The topological polar surface area (TPSA) is 82.2 Å². The monoisotopic (exact) mass is 330 g/mol. The van der Waals surface area contributed by atoms with Gasteiger partial charge < -0.3 is 15.8 Å². The highest BCUT2D eigenvalue weighted by molar-refractivity contribution is 5.68. The fourth-order valence-corrected chi connectivity index (χ4v) is 2.31. The fraction of sp³-hybridized carbons (Fsp3) is 0.444. The molecule has 2 rings (SSSR count). The van der Waals surface area contributed by atoms with Crippen molar-refractivity contribution in [3.8, 4) is 11.1 Å². The van der Waals surface area contributed by atoms with Crippen molar-refractivity contribution in [3.63, 3.8) is 0 Å². The number of nitrogen functional groups attached to an aromatic ring is 1. The van der Waals surface area contributed by atoms with Crippen molar-refractivity contribution in [1.82, 2.24) is 15.1 Å². The summed E-state index contributed by atoms with van der Waals surface area (Å²) in [4.78, 5) is 11.6. The lowest BCUT2D eigenvalue weighted by atomic mass is 10.0. The van der Waals surface area contributed by atoms with E-state index in [1.165, 1.54) is 0 Å². The van der Waals surface area contributed by atoms with Gasteiger partial charge in [-0.3, -0.25) is 4.68 Å². The van der Waals surface area contributed by atoms with E-state index in [1.807, 2.05) is 45.3 Å². The Morgan fingerprint density at radius 3 is 2.75 bits per heavy atom. The number of anilines is 1. The average molecular weight is 330 g/mol. The first-order valence-corrected chi connectivity index (χ1v) is 8.16. The molecule has 0 aliphatic rings. The number of carbonyl (C=O) groups excluding carboxylic acids is 1. The normalized spacial score (nSPS) is 11.3. The Labute approximate surface area is 143 Å². The molecule has 0 spiro atoms. The third kappa shape index (κ3) is 5.01. The molecule has 0 radical (unpaired) electrons. The summed E-state index contributed by atoms with van der Waals surface area (Å²) >= 11 is 0. The molecule has 1 aromatic carbocycles. The summed E-state index contributed by atoms with van der Waals surface area (Å²) in [6.07, 6.45) is 4.26. The van der Waals surface area contributed by atoms with E-state index >= 15 is 0 Å². The molecule has 24 heavy (non-hydrogen) atoms. The molecule has 0 unspecified atom stereocenters. The van der Waals surface area contributed by atoms with Gasteiger partial charge in [0.05, 0.1) is 12.7 Å². The van der Waals surface area contributed by atoms with E-state index in [4.69, 9.17) is 10.5 Å². The lowest BCUT2D eigenvalue weighted by molar-refractivity contribution is 0.0525. The van der Waals surface area contributed by atoms with Crippen LogP contribution in [0.25, 0.3) is 11.1 Å². The number of nitrogens with one attached hydrogen (secondary N) is 1. The van der Waals surface area contributed by atoms with Crippen LogP contribution in [0.2, 0.25) is 0 Å². The van der Waals surface area contributed by atoms with E-state index in [0.717, 1.165) is 28.8 Å². The van der Waals surface area contributed by atoms with Crippen LogP contribution >= 0.6 is 0 Å². The Hall–Kier alpha value is -2.50. The average Bonchev–Trinajstić information content (AvgIpc) is 2.94. The number of nitrogens with two attached hydrogens (primary N) is 1. The van der Waals surface area contributed by atoms with Crippen molar-refractivity contribution in [2.75, 3.05) is 12.3 Å². The third-order valence-corrected chi connectivity index (χ3v) is 3.50. The molecule has 0 saturated carbocycles. The number of carbonyl (C=O) groups is 1. The maximum atomic E-state index is 11.6.